The Hall–Kier alpha value is -3.85. The molecule has 1 N–H and O–H groups in total. The number of aromatic nitrogens is 3. The largest absolute Gasteiger partial charge is 0.476 e. The zero-order valence-corrected chi connectivity index (χ0v) is 25.8. The first-order chi connectivity index (χ1) is 20.8. The number of nitrogens with one attached hydrogen (secondary N) is 1. The monoisotopic (exact) mass is 625 g/mol. The lowest BCUT2D eigenvalue weighted by molar-refractivity contribution is -0.194. The van der Waals surface area contributed by atoms with Crippen molar-refractivity contribution in [3.05, 3.63) is 71.9 Å². The molecule has 0 saturated heterocycles. The quantitative estimate of drug-likeness (QED) is 0.278. The van der Waals surface area contributed by atoms with Crippen molar-refractivity contribution in [1.82, 2.24) is 19.5 Å². The highest BCUT2D eigenvalue weighted by molar-refractivity contribution is 7.83. The summed E-state index contributed by atoms with van der Waals surface area (Å²) in [4.78, 5) is 20.9. The van der Waals surface area contributed by atoms with Gasteiger partial charge in [0.2, 0.25) is 5.88 Å². The van der Waals surface area contributed by atoms with Gasteiger partial charge in [0, 0.05) is 24.9 Å². The maximum Gasteiger partial charge on any atom is 0.397 e. The molecule has 44 heavy (non-hydrogen) atoms. The van der Waals surface area contributed by atoms with Crippen molar-refractivity contribution in [2.45, 2.75) is 70.0 Å². The van der Waals surface area contributed by atoms with Crippen molar-refractivity contribution in [1.29, 1.82) is 0 Å². The van der Waals surface area contributed by atoms with Gasteiger partial charge in [-0.1, -0.05) is 38.5 Å². The first kappa shape index (κ1) is 30.2. The van der Waals surface area contributed by atoms with Crippen LogP contribution in [-0.4, -0.2) is 49.7 Å². The number of hydrogen-bond acceptors (Lipinski definition) is 6. The smallest absolute Gasteiger partial charge is 0.397 e. The Balaban J connectivity index is 1.30. The predicted molar refractivity (Wildman–Crippen MR) is 159 cm³/mol. The van der Waals surface area contributed by atoms with Crippen LogP contribution in [0.25, 0.3) is 5.82 Å². The summed E-state index contributed by atoms with van der Waals surface area (Å²) in [5, 5.41) is 4.32. The molecule has 6 rings (SSSR count). The number of halogens is 3. The molecule has 0 bridgehead atoms. The van der Waals surface area contributed by atoms with Crippen molar-refractivity contribution >= 4 is 22.7 Å². The van der Waals surface area contributed by atoms with E-state index < -0.39 is 40.6 Å². The van der Waals surface area contributed by atoms with E-state index in [2.05, 4.69) is 60.6 Å². The van der Waals surface area contributed by atoms with Crippen molar-refractivity contribution in [2.75, 3.05) is 18.1 Å². The van der Waals surface area contributed by atoms with Crippen LogP contribution in [0.3, 0.4) is 0 Å². The molecular weight excluding hydrogens is 591 g/mol. The fourth-order valence-electron chi connectivity index (χ4n) is 6.04. The summed E-state index contributed by atoms with van der Waals surface area (Å²) in [6, 6.07) is 14.8. The summed E-state index contributed by atoms with van der Waals surface area (Å²) in [7, 11) is -1.83. The van der Waals surface area contributed by atoms with Gasteiger partial charge in [-0.15, -0.1) is 5.10 Å². The SMILES string of the molecule is CCC1CC1(C)C1=CC(C)(C)N(c2nc(-n3ccc(OCC4(C(F)(F)F)CC4)n3)ccc2C(=O)NS(=O)c2cc#ccc2)C1. The highest BCUT2D eigenvalue weighted by Crippen LogP contribution is 2.61. The van der Waals surface area contributed by atoms with Gasteiger partial charge >= 0.3 is 6.18 Å². The lowest BCUT2D eigenvalue weighted by Gasteiger charge is -2.34. The van der Waals surface area contributed by atoms with Crippen LogP contribution in [0, 0.1) is 28.9 Å². The maximum atomic E-state index is 13.6. The van der Waals surface area contributed by atoms with E-state index in [1.165, 1.54) is 22.4 Å². The third-order valence-electron chi connectivity index (χ3n) is 9.33. The molecule has 0 radical (unpaired) electrons. The Bertz CT molecular complexity index is 1630. The maximum absolute atomic E-state index is 13.6. The third kappa shape index (κ3) is 5.47. The summed E-state index contributed by atoms with van der Waals surface area (Å²) in [6.45, 7) is 8.66. The molecule has 3 unspecified atom stereocenters. The second-order valence-electron chi connectivity index (χ2n) is 12.7. The number of alkyl halides is 3. The van der Waals surface area contributed by atoms with Gasteiger partial charge in [-0.2, -0.15) is 13.2 Å². The van der Waals surface area contributed by atoms with Crippen molar-refractivity contribution in [3.8, 4) is 11.7 Å². The molecule has 3 heterocycles. The number of carbonyl (C=O) groups is 1. The van der Waals surface area contributed by atoms with Crippen LogP contribution in [0.15, 0.2) is 59.1 Å². The normalized spacial score (nSPS) is 23.8. The van der Waals surface area contributed by atoms with Gasteiger partial charge in [0.05, 0.1) is 16.0 Å². The number of rotatable bonds is 10. The molecule has 1 amide bonds. The van der Waals surface area contributed by atoms with E-state index in [1.54, 1.807) is 30.5 Å². The molecule has 12 heteroatoms. The zero-order valence-electron chi connectivity index (χ0n) is 25.0. The Labute approximate surface area is 257 Å². The summed E-state index contributed by atoms with van der Waals surface area (Å²) in [6.07, 6.45) is 1.76. The average Bonchev–Trinajstić information content (AvgIpc) is 3.83. The minimum atomic E-state index is -4.33. The predicted octanol–water partition coefficient (Wildman–Crippen LogP) is 6.00. The van der Waals surface area contributed by atoms with E-state index in [0.717, 1.165) is 12.8 Å². The molecule has 1 aliphatic heterocycles. The minimum absolute atomic E-state index is 0.0388. The highest BCUT2D eigenvalue weighted by atomic mass is 32.2. The molecule has 3 aromatic rings. The number of carbonyl (C=O) groups excluding carboxylic acids is 1. The number of anilines is 1. The number of nitrogens with zero attached hydrogens (tertiary/aromatic N) is 4. The van der Waals surface area contributed by atoms with Gasteiger partial charge in [-0.3, -0.25) is 9.52 Å². The van der Waals surface area contributed by atoms with Crippen molar-refractivity contribution in [3.63, 3.8) is 0 Å². The first-order valence-corrected chi connectivity index (χ1v) is 15.8. The summed E-state index contributed by atoms with van der Waals surface area (Å²) in [5.41, 5.74) is -0.687. The topological polar surface area (TPSA) is 89.3 Å². The number of ether oxygens (including phenoxy) is 1. The van der Waals surface area contributed by atoms with Gasteiger partial charge in [0.1, 0.15) is 17.8 Å². The summed E-state index contributed by atoms with van der Waals surface area (Å²) < 4.78 is 62.5. The van der Waals surface area contributed by atoms with Crippen LogP contribution in [0.1, 0.15) is 63.7 Å². The lowest BCUT2D eigenvalue weighted by Crippen LogP contribution is -2.41. The second kappa shape index (κ2) is 10.6. The van der Waals surface area contributed by atoms with E-state index in [4.69, 9.17) is 9.72 Å². The standard InChI is InChI=1S/C32H34F3N5O3S/c1-5-21-18-30(21,4)22-17-29(2,3)39(19-22)27-24(28(41)38-44(42)23-9-7-6-8-10-23)11-12-25(36-27)40-16-13-26(37-40)43-20-31(14-15-31)32(33,34)35/h7,9-13,16-17,21H,5,14-15,18-20H2,1-4H3,(H,38,41). The first-order valence-electron chi connectivity index (χ1n) is 14.6. The molecule has 0 spiro atoms. The fraction of sp³-hybridized carbons (Fsp3) is 0.469. The van der Waals surface area contributed by atoms with Crippen LogP contribution in [0.4, 0.5) is 19.0 Å². The molecule has 3 aliphatic rings. The molecule has 2 saturated carbocycles. The van der Waals surface area contributed by atoms with Crippen LogP contribution < -0.4 is 14.4 Å². The van der Waals surface area contributed by atoms with Gasteiger partial charge in [-0.25, -0.2) is 13.9 Å². The van der Waals surface area contributed by atoms with Crippen LogP contribution >= 0.6 is 0 Å². The molecule has 8 nitrogen and oxygen atoms in total. The van der Waals surface area contributed by atoms with Crippen LogP contribution in [-0.2, 0) is 11.0 Å². The van der Waals surface area contributed by atoms with Gasteiger partial charge in [-0.05, 0) is 74.3 Å². The number of hydrogen-bond donors (Lipinski definition) is 1. The fourth-order valence-corrected chi connectivity index (χ4v) is 6.79. The minimum Gasteiger partial charge on any atom is -0.476 e. The van der Waals surface area contributed by atoms with E-state index in [1.807, 2.05) is 0 Å². The van der Waals surface area contributed by atoms with Gasteiger partial charge in [0.25, 0.3) is 5.91 Å². The summed E-state index contributed by atoms with van der Waals surface area (Å²) in [5.74, 6) is 0.820. The summed E-state index contributed by atoms with van der Waals surface area (Å²) >= 11 is 0. The highest BCUT2D eigenvalue weighted by Gasteiger charge is 2.64. The zero-order chi connectivity index (χ0) is 31.5. The Morgan fingerprint density at radius 1 is 1.18 bits per heavy atom. The third-order valence-corrected chi connectivity index (χ3v) is 10.4. The molecule has 232 valence electrons. The van der Waals surface area contributed by atoms with Gasteiger partial charge < -0.3 is 9.64 Å². The Morgan fingerprint density at radius 2 is 1.95 bits per heavy atom. The lowest BCUT2D eigenvalue weighted by atomic mass is 9.93. The van der Waals surface area contributed by atoms with Crippen molar-refractivity contribution < 1.29 is 26.9 Å². The van der Waals surface area contributed by atoms with Crippen LogP contribution in [0.5, 0.6) is 5.88 Å². The number of amides is 1. The Kier molecular flexibility index (Phi) is 7.31. The van der Waals surface area contributed by atoms with Gasteiger partial charge in [0.15, 0.2) is 16.8 Å². The molecule has 2 aliphatic carbocycles. The van der Waals surface area contributed by atoms with Crippen LogP contribution in [0.2, 0.25) is 0 Å². The Morgan fingerprint density at radius 3 is 2.59 bits per heavy atom. The van der Waals surface area contributed by atoms with E-state index in [0.29, 0.717) is 29.0 Å². The van der Waals surface area contributed by atoms with E-state index in [-0.39, 0.29) is 29.7 Å². The average molecular weight is 626 g/mol. The van der Waals surface area contributed by atoms with Crippen molar-refractivity contribution in [2.24, 2.45) is 16.7 Å². The second-order valence-corrected chi connectivity index (χ2v) is 13.9. The number of pyridine rings is 1. The molecular formula is C32H34F3N5O3S. The molecule has 2 aromatic heterocycles. The molecule has 3 atom stereocenters. The van der Waals surface area contributed by atoms with E-state index in [9.17, 15) is 22.2 Å². The van der Waals surface area contributed by atoms with E-state index >= 15 is 0 Å². The molecule has 1 aromatic carbocycles. The molecule has 2 fully saturated rings.